The standard InChI is InChI=1S/C12H19BrN2O2/c1-16-7-8-17-6-2-5-15-12-9-10(13)3-4-11(12)14/h3-4,9,15H,2,5-8,14H2,1H3. The summed E-state index contributed by atoms with van der Waals surface area (Å²) in [7, 11) is 1.67. The Morgan fingerprint density at radius 3 is 2.88 bits per heavy atom. The van der Waals surface area contributed by atoms with Crippen molar-refractivity contribution in [2.24, 2.45) is 0 Å². The molecule has 0 spiro atoms. The lowest BCUT2D eigenvalue weighted by Crippen LogP contribution is -2.09. The minimum Gasteiger partial charge on any atom is -0.397 e. The lowest BCUT2D eigenvalue weighted by molar-refractivity contribution is 0.0705. The first-order valence-corrected chi connectivity index (χ1v) is 6.39. The van der Waals surface area contributed by atoms with Crippen LogP contribution in [0.3, 0.4) is 0 Å². The predicted molar refractivity (Wildman–Crippen MR) is 74.4 cm³/mol. The molecule has 0 aliphatic rings. The van der Waals surface area contributed by atoms with Crippen LogP contribution >= 0.6 is 15.9 Å². The lowest BCUT2D eigenvalue weighted by Gasteiger charge is -2.09. The Balaban J connectivity index is 2.15. The number of nitrogens with one attached hydrogen (secondary N) is 1. The largest absolute Gasteiger partial charge is 0.397 e. The van der Waals surface area contributed by atoms with Gasteiger partial charge in [-0.25, -0.2) is 0 Å². The third-order valence-electron chi connectivity index (χ3n) is 2.23. The second-order valence-electron chi connectivity index (χ2n) is 3.62. The summed E-state index contributed by atoms with van der Waals surface area (Å²) < 4.78 is 11.3. The Kier molecular flexibility index (Phi) is 7.00. The maximum absolute atomic E-state index is 5.84. The summed E-state index contributed by atoms with van der Waals surface area (Å²) >= 11 is 3.41. The van der Waals surface area contributed by atoms with Crippen LogP contribution in [0.25, 0.3) is 0 Å². The van der Waals surface area contributed by atoms with Gasteiger partial charge in [0.05, 0.1) is 24.6 Å². The highest BCUT2D eigenvalue weighted by molar-refractivity contribution is 9.10. The fourth-order valence-electron chi connectivity index (χ4n) is 1.32. The predicted octanol–water partition coefficient (Wildman–Crippen LogP) is 2.50. The van der Waals surface area contributed by atoms with Gasteiger partial charge in [-0.2, -0.15) is 0 Å². The molecule has 0 bridgehead atoms. The number of nitrogens with two attached hydrogens (primary N) is 1. The molecule has 1 aromatic carbocycles. The summed E-state index contributed by atoms with van der Waals surface area (Å²) in [6, 6.07) is 5.77. The number of ether oxygens (including phenoxy) is 2. The van der Waals surface area contributed by atoms with Crippen molar-refractivity contribution in [3.8, 4) is 0 Å². The van der Waals surface area contributed by atoms with Crippen molar-refractivity contribution < 1.29 is 9.47 Å². The van der Waals surface area contributed by atoms with Gasteiger partial charge in [0.15, 0.2) is 0 Å². The summed E-state index contributed by atoms with van der Waals surface area (Å²) in [5.74, 6) is 0. The van der Waals surface area contributed by atoms with Gasteiger partial charge in [0, 0.05) is 24.7 Å². The zero-order valence-electron chi connectivity index (χ0n) is 10.0. The van der Waals surface area contributed by atoms with Gasteiger partial charge >= 0.3 is 0 Å². The van der Waals surface area contributed by atoms with Gasteiger partial charge in [-0.3, -0.25) is 0 Å². The molecule has 0 aliphatic carbocycles. The molecule has 0 heterocycles. The number of hydrogen-bond donors (Lipinski definition) is 2. The average Bonchev–Trinajstić information content (AvgIpc) is 2.32. The van der Waals surface area contributed by atoms with Crippen LogP contribution in [0, 0.1) is 0 Å². The Morgan fingerprint density at radius 2 is 2.12 bits per heavy atom. The van der Waals surface area contributed by atoms with Crippen LogP contribution in [0.2, 0.25) is 0 Å². The summed E-state index contributed by atoms with van der Waals surface area (Å²) in [5.41, 5.74) is 7.55. The molecule has 0 amide bonds. The molecule has 0 radical (unpaired) electrons. The molecule has 0 unspecified atom stereocenters. The maximum Gasteiger partial charge on any atom is 0.0700 e. The van der Waals surface area contributed by atoms with E-state index < -0.39 is 0 Å². The van der Waals surface area contributed by atoms with Crippen molar-refractivity contribution in [3.63, 3.8) is 0 Å². The van der Waals surface area contributed by atoms with Crippen LogP contribution in [0.1, 0.15) is 6.42 Å². The van der Waals surface area contributed by atoms with E-state index in [-0.39, 0.29) is 0 Å². The topological polar surface area (TPSA) is 56.5 Å². The summed E-state index contributed by atoms with van der Waals surface area (Å²) in [6.07, 6.45) is 0.940. The highest BCUT2D eigenvalue weighted by Gasteiger charge is 1.98. The number of rotatable bonds is 8. The SMILES string of the molecule is COCCOCCCNc1cc(Br)ccc1N. The maximum atomic E-state index is 5.84. The van der Waals surface area contributed by atoms with E-state index in [1.807, 2.05) is 18.2 Å². The zero-order chi connectivity index (χ0) is 12.5. The zero-order valence-corrected chi connectivity index (χ0v) is 11.6. The van der Waals surface area contributed by atoms with Crippen molar-refractivity contribution in [2.45, 2.75) is 6.42 Å². The van der Waals surface area contributed by atoms with Gasteiger partial charge in [0.2, 0.25) is 0 Å². The quantitative estimate of drug-likeness (QED) is 0.572. The second-order valence-corrected chi connectivity index (χ2v) is 4.53. The molecule has 17 heavy (non-hydrogen) atoms. The van der Waals surface area contributed by atoms with E-state index in [0.29, 0.717) is 13.2 Å². The molecule has 0 aliphatic heterocycles. The molecule has 0 aromatic heterocycles. The van der Waals surface area contributed by atoms with Crippen LogP contribution in [0.15, 0.2) is 22.7 Å². The third kappa shape index (κ3) is 5.91. The molecule has 0 saturated carbocycles. The molecule has 1 rings (SSSR count). The molecule has 5 heteroatoms. The van der Waals surface area contributed by atoms with E-state index in [1.54, 1.807) is 7.11 Å². The Hall–Kier alpha value is -0.780. The number of halogens is 1. The molecular weight excluding hydrogens is 284 g/mol. The highest BCUT2D eigenvalue weighted by atomic mass is 79.9. The van der Waals surface area contributed by atoms with Gasteiger partial charge in [0.25, 0.3) is 0 Å². The van der Waals surface area contributed by atoms with E-state index in [0.717, 1.165) is 35.4 Å². The monoisotopic (exact) mass is 302 g/mol. The molecule has 96 valence electrons. The normalized spacial score (nSPS) is 10.5. The fourth-order valence-corrected chi connectivity index (χ4v) is 1.68. The summed E-state index contributed by atoms with van der Waals surface area (Å²) in [6.45, 7) is 2.86. The number of methoxy groups -OCH3 is 1. The van der Waals surface area contributed by atoms with Crippen LogP contribution < -0.4 is 11.1 Å². The molecular formula is C12H19BrN2O2. The minimum absolute atomic E-state index is 0.645. The lowest BCUT2D eigenvalue weighted by atomic mass is 10.2. The third-order valence-corrected chi connectivity index (χ3v) is 2.72. The van der Waals surface area contributed by atoms with E-state index in [2.05, 4.69) is 21.2 Å². The number of nitrogen functional groups attached to an aromatic ring is 1. The highest BCUT2D eigenvalue weighted by Crippen LogP contribution is 2.22. The fraction of sp³-hybridized carbons (Fsp3) is 0.500. The first kappa shape index (κ1) is 14.3. The molecule has 0 atom stereocenters. The van der Waals surface area contributed by atoms with Crippen molar-refractivity contribution in [3.05, 3.63) is 22.7 Å². The van der Waals surface area contributed by atoms with Crippen LogP contribution in [-0.4, -0.2) is 33.5 Å². The summed E-state index contributed by atoms with van der Waals surface area (Å²) in [4.78, 5) is 0. The van der Waals surface area contributed by atoms with Crippen LogP contribution in [-0.2, 0) is 9.47 Å². The van der Waals surface area contributed by atoms with E-state index in [1.165, 1.54) is 0 Å². The van der Waals surface area contributed by atoms with Crippen molar-refractivity contribution >= 4 is 27.3 Å². The molecule has 0 saturated heterocycles. The molecule has 4 nitrogen and oxygen atoms in total. The number of benzene rings is 1. The Bertz CT molecular complexity index is 334. The van der Waals surface area contributed by atoms with Gasteiger partial charge in [-0.15, -0.1) is 0 Å². The second kappa shape index (κ2) is 8.33. The first-order valence-electron chi connectivity index (χ1n) is 5.59. The van der Waals surface area contributed by atoms with Gasteiger partial charge in [-0.05, 0) is 24.6 Å². The van der Waals surface area contributed by atoms with Crippen molar-refractivity contribution in [1.29, 1.82) is 0 Å². The molecule has 3 N–H and O–H groups in total. The molecule has 1 aromatic rings. The van der Waals surface area contributed by atoms with E-state index in [4.69, 9.17) is 15.2 Å². The Morgan fingerprint density at radius 1 is 1.29 bits per heavy atom. The first-order chi connectivity index (χ1) is 8.24. The van der Waals surface area contributed by atoms with Gasteiger partial charge in [-0.1, -0.05) is 15.9 Å². The number of anilines is 2. The van der Waals surface area contributed by atoms with Crippen molar-refractivity contribution in [2.75, 3.05) is 44.5 Å². The summed E-state index contributed by atoms with van der Waals surface area (Å²) in [5, 5.41) is 3.28. The van der Waals surface area contributed by atoms with E-state index in [9.17, 15) is 0 Å². The molecule has 0 fully saturated rings. The van der Waals surface area contributed by atoms with Crippen LogP contribution in [0.4, 0.5) is 11.4 Å². The Labute approximate surface area is 111 Å². The smallest absolute Gasteiger partial charge is 0.0700 e. The van der Waals surface area contributed by atoms with Crippen molar-refractivity contribution in [1.82, 2.24) is 0 Å². The van der Waals surface area contributed by atoms with Gasteiger partial charge < -0.3 is 20.5 Å². The minimum atomic E-state index is 0.645. The van der Waals surface area contributed by atoms with E-state index >= 15 is 0 Å². The average molecular weight is 303 g/mol. The van der Waals surface area contributed by atoms with Gasteiger partial charge in [0.1, 0.15) is 0 Å². The number of hydrogen-bond acceptors (Lipinski definition) is 4. The van der Waals surface area contributed by atoms with Crippen LogP contribution in [0.5, 0.6) is 0 Å².